The van der Waals surface area contributed by atoms with Crippen molar-refractivity contribution in [3.05, 3.63) is 51.9 Å². The Kier molecular flexibility index (Phi) is 4.39. The van der Waals surface area contributed by atoms with Gasteiger partial charge in [0.15, 0.2) is 0 Å². The summed E-state index contributed by atoms with van der Waals surface area (Å²) in [6.45, 7) is 0. The van der Waals surface area contributed by atoms with E-state index in [0.29, 0.717) is 0 Å². The van der Waals surface area contributed by atoms with E-state index in [4.69, 9.17) is 29.0 Å². The number of carbonyl (C=O) groups is 1. The van der Waals surface area contributed by atoms with Crippen LogP contribution < -0.4 is 16.6 Å². The fraction of sp³-hybridized carbons (Fsp3) is 0. The number of nitrogen functional groups attached to an aromatic ring is 1. The van der Waals surface area contributed by atoms with Crippen molar-refractivity contribution < 1.29 is 9.18 Å². The summed E-state index contributed by atoms with van der Waals surface area (Å²) >= 11 is 11.7. The predicted molar refractivity (Wildman–Crippen MR) is 76.4 cm³/mol. The minimum Gasteiger partial charge on any atom is -0.319 e. The number of hydrogen-bond donors (Lipinski definition) is 3. The number of anilines is 2. The van der Waals surface area contributed by atoms with E-state index >= 15 is 0 Å². The van der Waals surface area contributed by atoms with Gasteiger partial charge in [-0.2, -0.15) is 0 Å². The second-order valence-corrected chi connectivity index (χ2v) is 4.56. The van der Waals surface area contributed by atoms with Gasteiger partial charge in [-0.1, -0.05) is 23.2 Å². The molecule has 4 N–H and O–H groups in total. The Morgan fingerprint density at radius 1 is 1.20 bits per heavy atom. The van der Waals surface area contributed by atoms with E-state index < -0.39 is 11.7 Å². The number of nitrogens with zero attached hydrogens (tertiary/aromatic N) is 1. The maximum absolute atomic E-state index is 13.1. The fourth-order valence-corrected chi connectivity index (χ4v) is 1.81. The van der Waals surface area contributed by atoms with Crippen LogP contribution in [0.5, 0.6) is 0 Å². The average Bonchev–Trinajstić information content (AvgIpc) is 2.43. The first-order chi connectivity index (χ1) is 9.51. The molecule has 0 atom stereocenters. The van der Waals surface area contributed by atoms with Crippen molar-refractivity contribution in [3.8, 4) is 0 Å². The molecule has 2 aromatic rings. The molecule has 104 valence electrons. The lowest BCUT2D eigenvalue weighted by Crippen LogP contribution is -2.17. The van der Waals surface area contributed by atoms with E-state index in [1.54, 1.807) is 0 Å². The molecule has 2 rings (SSSR count). The van der Waals surface area contributed by atoms with E-state index in [9.17, 15) is 9.18 Å². The number of rotatable bonds is 3. The summed E-state index contributed by atoms with van der Waals surface area (Å²) in [4.78, 5) is 16.0. The van der Waals surface area contributed by atoms with Gasteiger partial charge in [0.2, 0.25) is 0 Å². The lowest BCUT2D eigenvalue weighted by molar-refractivity contribution is 0.102. The highest BCUT2D eigenvalue weighted by Crippen LogP contribution is 2.24. The smallest absolute Gasteiger partial charge is 0.275 e. The normalized spacial score (nSPS) is 10.2. The summed E-state index contributed by atoms with van der Waals surface area (Å²) in [5.74, 6) is 4.32. The molecule has 1 heterocycles. The number of hydrogen-bond acceptors (Lipinski definition) is 4. The number of benzene rings is 1. The van der Waals surface area contributed by atoms with Crippen LogP contribution in [0.2, 0.25) is 10.0 Å². The van der Waals surface area contributed by atoms with Crippen LogP contribution in [0.4, 0.5) is 15.9 Å². The quantitative estimate of drug-likeness (QED) is 0.601. The Morgan fingerprint density at radius 3 is 2.60 bits per heavy atom. The molecule has 0 aliphatic rings. The third kappa shape index (κ3) is 3.16. The monoisotopic (exact) mass is 314 g/mol. The van der Waals surface area contributed by atoms with E-state index in [1.807, 2.05) is 0 Å². The molecule has 1 aromatic heterocycles. The van der Waals surface area contributed by atoms with Gasteiger partial charge in [-0.3, -0.25) is 4.79 Å². The number of carbonyl (C=O) groups excluding carboxylic acids is 1. The van der Waals surface area contributed by atoms with Crippen LogP contribution in [0.3, 0.4) is 0 Å². The summed E-state index contributed by atoms with van der Waals surface area (Å²) in [6.07, 6.45) is 0. The van der Waals surface area contributed by atoms with Crippen LogP contribution >= 0.6 is 23.2 Å². The Labute approximate surface area is 123 Å². The third-order valence-electron chi connectivity index (χ3n) is 2.39. The number of aromatic nitrogens is 1. The van der Waals surface area contributed by atoms with Gasteiger partial charge >= 0.3 is 0 Å². The molecule has 5 nitrogen and oxygen atoms in total. The number of nitrogens with one attached hydrogen (secondary N) is 2. The van der Waals surface area contributed by atoms with Crippen molar-refractivity contribution in [1.82, 2.24) is 4.98 Å². The lowest BCUT2D eigenvalue weighted by Gasteiger charge is -2.09. The SMILES string of the molecule is NNc1ccc(Cl)c(C(=O)Nc2cc(F)ccc2Cl)n1. The molecule has 0 saturated carbocycles. The van der Waals surface area contributed by atoms with Crippen LogP contribution in [0.15, 0.2) is 30.3 Å². The summed E-state index contributed by atoms with van der Waals surface area (Å²) in [5.41, 5.74) is 2.37. The predicted octanol–water partition coefficient (Wildman–Crippen LogP) is 3.07. The fourth-order valence-electron chi connectivity index (χ4n) is 1.46. The van der Waals surface area contributed by atoms with E-state index in [-0.39, 0.29) is 27.2 Å². The molecule has 1 amide bonds. The van der Waals surface area contributed by atoms with Crippen molar-refractivity contribution >= 4 is 40.6 Å². The minimum atomic E-state index is -0.625. The van der Waals surface area contributed by atoms with Crippen LogP contribution in [0.1, 0.15) is 10.5 Å². The summed E-state index contributed by atoms with van der Waals surface area (Å²) < 4.78 is 13.1. The zero-order valence-electron chi connectivity index (χ0n) is 9.95. The molecule has 0 radical (unpaired) electrons. The van der Waals surface area contributed by atoms with Crippen LogP contribution in [-0.2, 0) is 0 Å². The molecular weight excluding hydrogens is 306 g/mol. The second-order valence-electron chi connectivity index (χ2n) is 3.75. The van der Waals surface area contributed by atoms with Gasteiger partial charge in [-0.25, -0.2) is 15.2 Å². The highest BCUT2D eigenvalue weighted by Gasteiger charge is 2.15. The van der Waals surface area contributed by atoms with Crippen molar-refractivity contribution in [2.45, 2.75) is 0 Å². The Hall–Kier alpha value is -1.89. The molecule has 0 saturated heterocycles. The first-order valence-electron chi connectivity index (χ1n) is 5.41. The van der Waals surface area contributed by atoms with Gasteiger partial charge in [-0.15, -0.1) is 0 Å². The summed E-state index contributed by atoms with van der Waals surface area (Å²) in [5, 5.41) is 2.76. The van der Waals surface area contributed by atoms with Gasteiger partial charge in [0.05, 0.1) is 15.7 Å². The molecule has 8 heteroatoms. The largest absolute Gasteiger partial charge is 0.319 e. The third-order valence-corrected chi connectivity index (χ3v) is 3.02. The number of halogens is 3. The maximum atomic E-state index is 13.1. The molecule has 0 spiro atoms. The Balaban J connectivity index is 2.30. The van der Waals surface area contributed by atoms with Crippen molar-refractivity contribution in [1.29, 1.82) is 0 Å². The molecule has 0 aliphatic heterocycles. The molecule has 0 bridgehead atoms. The van der Waals surface area contributed by atoms with Crippen molar-refractivity contribution in [2.24, 2.45) is 5.84 Å². The number of nitrogens with two attached hydrogens (primary N) is 1. The minimum absolute atomic E-state index is 0.0533. The zero-order valence-corrected chi connectivity index (χ0v) is 11.5. The molecule has 1 aromatic carbocycles. The highest BCUT2D eigenvalue weighted by atomic mass is 35.5. The van der Waals surface area contributed by atoms with Crippen molar-refractivity contribution in [2.75, 3.05) is 10.7 Å². The van der Waals surface area contributed by atoms with Gasteiger partial charge in [0, 0.05) is 0 Å². The second kappa shape index (κ2) is 6.04. The Morgan fingerprint density at radius 2 is 1.90 bits per heavy atom. The van der Waals surface area contributed by atoms with E-state index in [1.165, 1.54) is 24.3 Å². The lowest BCUT2D eigenvalue weighted by atomic mass is 10.2. The van der Waals surface area contributed by atoms with Crippen LogP contribution in [0.25, 0.3) is 0 Å². The van der Waals surface area contributed by atoms with E-state index in [2.05, 4.69) is 15.7 Å². The molecular formula is C12H9Cl2FN4O. The average molecular weight is 315 g/mol. The summed E-state index contributed by atoms with van der Waals surface area (Å²) in [7, 11) is 0. The zero-order chi connectivity index (χ0) is 14.7. The topological polar surface area (TPSA) is 80.0 Å². The van der Waals surface area contributed by atoms with Gasteiger partial charge in [-0.05, 0) is 30.3 Å². The molecule has 0 aliphatic carbocycles. The number of hydrazine groups is 1. The molecule has 0 fully saturated rings. The number of pyridine rings is 1. The van der Waals surface area contributed by atoms with Gasteiger partial charge < -0.3 is 10.7 Å². The molecule has 0 unspecified atom stereocenters. The number of amides is 1. The van der Waals surface area contributed by atoms with Crippen LogP contribution in [-0.4, -0.2) is 10.9 Å². The first kappa shape index (κ1) is 14.5. The van der Waals surface area contributed by atoms with Gasteiger partial charge in [0.25, 0.3) is 5.91 Å². The van der Waals surface area contributed by atoms with Gasteiger partial charge in [0.1, 0.15) is 17.3 Å². The highest BCUT2D eigenvalue weighted by molar-refractivity contribution is 6.35. The van der Waals surface area contributed by atoms with E-state index in [0.717, 1.165) is 6.07 Å². The van der Waals surface area contributed by atoms with Crippen molar-refractivity contribution in [3.63, 3.8) is 0 Å². The summed E-state index contributed by atoms with van der Waals surface area (Å²) in [6, 6.07) is 6.58. The maximum Gasteiger partial charge on any atom is 0.275 e. The van der Waals surface area contributed by atoms with Crippen LogP contribution in [0, 0.1) is 5.82 Å². The Bertz CT molecular complexity index is 666. The standard InChI is InChI=1S/C12H9Cl2FN4O/c13-7-2-1-6(15)5-9(7)17-12(20)11-8(14)3-4-10(18-11)19-16/h1-5H,16H2,(H,17,20)(H,18,19). The molecule has 20 heavy (non-hydrogen) atoms. The first-order valence-corrected chi connectivity index (χ1v) is 6.16.